The molecule has 0 aromatic heterocycles. The van der Waals surface area contributed by atoms with Crippen LogP contribution in [0, 0.1) is 13.8 Å². The molecule has 0 saturated heterocycles. The van der Waals surface area contributed by atoms with Gasteiger partial charge < -0.3 is 10.2 Å². The minimum atomic E-state index is -0.329. The summed E-state index contributed by atoms with van der Waals surface area (Å²) in [7, 11) is 3.99. The van der Waals surface area contributed by atoms with E-state index in [0.29, 0.717) is 6.42 Å². The summed E-state index contributed by atoms with van der Waals surface area (Å²) in [4.78, 5) is 14.4. The highest BCUT2D eigenvalue weighted by atomic mass is 16.2. The Balaban J connectivity index is 1.95. The van der Waals surface area contributed by atoms with Crippen molar-refractivity contribution in [1.29, 1.82) is 0 Å². The Bertz CT molecular complexity index is 766. The SMILES string of the molecule is CCC(Nc1ccc(C)cc1C)C(=O)NN=Cc1ccc(N(C)C)cc1. The van der Waals surface area contributed by atoms with E-state index in [1.807, 2.05) is 69.2 Å². The molecule has 1 unspecified atom stereocenters. The van der Waals surface area contributed by atoms with Gasteiger partial charge in [-0.05, 0) is 49.6 Å². The average molecular weight is 352 g/mol. The molecule has 138 valence electrons. The highest BCUT2D eigenvalue weighted by molar-refractivity contribution is 5.87. The van der Waals surface area contributed by atoms with Crippen molar-refractivity contribution in [3.05, 3.63) is 59.2 Å². The lowest BCUT2D eigenvalue weighted by Gasteiger charge is -2.18. The van der Waals surface area contributed by atoms with Crippen LogP contribution in [0.5, 0.6) is 0 Å². The summed E-state index contributed by atoms with van der Waals surface area (Å²) in [6, 6.07) is 13.8. The van der Waals surface area contributed by atoms with Gasteiger partial charge in [0.15, 0.2) is 0 Å². The van der Waals surface area contributed by atoms with E-state index in [1.54, 1.807) is 6.21 Å². The van der Waals surface area contributed by atoms with E-state index in [1.165, 1.54) is 5.56 Å². The zero-order chi connectivity index (χ0) is 19.1. The molecule has 0 spiro atoms. The van der Waals surface area contributed by atoms with Crippen molar-refractivity contribution < 1.29 is 4.79 Å². The van der Waals surface area contributed by atoms with Crippen LogP contribution in [0.15, 0.2) is 47.6 Å². The molecule has 0 bridgehead atoms. The van der Waals surface area contributed by atoms with Crippen LogP contribution in [-0.2, 0) is 4.79 Å². The Morgan fingerprint density at radius 1 is 1.15 bits per heavy atom. The fourth-order valence-electron chi connectivity index (χ4n) is 2.62. The molecule has 0 aliphatic rings. The van der Waals surface area contributed by atoms with Gasteiger partial charge in [0.05, 0.1) is 6.21 Å². The molecule has 1 amide bonds. The Hall–Kier alpha value is -2.82. The molecule has 2 N–H and O–H groups in total. The van der Waals surface area contributed by atoms with Gasteiger partial charge in [0.25, 0.3) is 5.91 Å². The Kier molecular flexibility index (Phi) is 6.78. The Morgan fingerprint density at radius 2 is 1.85 bits per heavy atom. The second kappa shape index (κ2) is 9.04. The second-order valence-corrected chi connectivity index (χ2v) is 6.64. The summed E-state index contributed by atoms with van der Waals surface area (Å²) in [5, 5.41) is 7.39. The standard InChI is InChI=1S/C21H28N4O/c1-6-19(23-20-12-7-15(2)13-16(20)3)21(26)24-22-14-17-8-10-18(11-9-17)25(4)5/h7-14,19,23H,6H2,1-5H3,(H,24,26). The fourth-order valence-corrected chi connectivity index (χ4v) is 2.62. The Labute approximate surface area is 156 Å². The van der Waals surface area contributed by atoms with Gasteiger partial charge in [0.1, 0.15) is 6.04 Å². The van der Waals surface area contributed by atoms with E-state index >= 15 is 0 Å². The third kappa shape index (κ3) is 5.34. The number of nitrogens with one attached hydrogen (secondary N) is 2. The first-order valence-electron chi connectivity index (χ1n) is 8.84. The fraction of sp³-hybridized carbons (Fsp3) is 0.333. The molecule has 2 rings (SSSR count). The van der Waals surface area contributed by atoms with Crippen LogP contribution in [0.2, 0.25) is 0 Å². The summed E-state index contributed by atoms with van der Waals surface area (Å²) >= 11 is 0. The predicted molar refractivity (Wildman–Crippen MR) is 110 cm³/mol. The molecule has 2 aromatic carbocycles. The minimum Gasteiger partial charge on any atom is -0.378 e. The molecular weight excluding hydrogens is 324 g/mol. The number of anilines is 2. The molecular formula is C21H28N4O. The van der Waals surface area contributed by atoms with Gasteiger partial charge in [-0.2, -0.15) is 5.10 Å². The van der Waals surface area contributed by atoms with Crippen LogP contribution in [0.1, 0.15) is 30.0 Å². The number of rotatable bonds is 7. The predicted octanol–water partition coefficient (Wildman–Crippen LogP) is 3.71. The van der Waals surface area contributed by atoms with Gasteiger partial charge in [-0.3, -0.25) is 4.79 Å². The van der Waals surface area contributed by atoms with Crippen molar-refractivity contribution in [3.63, 3.8) is 0 Å². The molecule has 5 nitrogen and oxygen atoms in total. The van der Waals surface area contributed by atoms with Crippen LogP contribution in [0.25, 0.3) is 0 Å². The highest BCUT2D eigenvalue weighted by Crippen LogP contribution is 2.18. The van der Waals surface area contributed by atoms with E-state index in [9.17, 15) is 4.79 Å². The quantitative estimate of drug-likeness (QED) is 0.590. The number of benzene rings is 2. The molecule has 5 heteroatoms. The third-order valence-electron chi connectivity index (χ3n) is 4.23. The van der Waals surface area contributed by atoms with Gasteiger partial charge in [0, 0.05) is 25.5 Å². The summed E-state index contributed by atoms with van der Waals surface area (Å²) in [5.41, 5.74) is 7.99. The second-order valence-electron chi connectivity index (χ2n) is 6.64. The van der Waals surface area contributed by atoms with Gasteiger partial charge in [0.2, 0.25) is 0 Å². The van der Waals surface area contributed by atoms with E-state index in [0.717, 1.165) is 22.5 Å². The van der Waals surface area contributed by atoms with Gasteiger partial charge in [-0.1, -0.05) is 36.8 Å². The average Bonchev–Trinajstić information content (AvgIpc) is 2.61. The molecule has 0 fully saturated rings. The summed E-state index contributed by atoms with van der Waals surface area (Å²) in [6.45, 7) is 6.07. The number of aryl methyl sites for hydroxylation is 2. The van der Waals surface area contributed by atoms with E-state index in [4.69, 9.17) is 0 Å². The lowest BCUT2D eigenvalue weighted by molar-refractivity contribution is -0.121. The normalized spacial score (nSPS) is 12.0. The number of hydrogen-bond acceptors (Lipinski definition) is 4. The van der Waals surface area contributed by atoms with Crippen LogP contribution < -0.4 is 15.6 Å². The van der Waals surface area contributed by atoms with E-state index in [2.05, 4.69) is 28.8 Å². The van der Waals surface area contributed by atoms with Crippen LogP contribution in [0.3, 0.4) is 0 Å². The summed E-state index contributed by atoms with van der Waals surface area (Å²) in [6.07, 6.45) is 2.33. The molecule has 26 heavy (non-hydrogen) atoms. The topological polar surface area (TPSA) is 56.7 Å². The molecule has 0 aliphatic heterocycles. The maximum Gasteiger partial charge on any atom is 0.262 e. The number of hydrazone groups is 1. The molecule has 0 radical (unpaired) electrons. The lowest BCUT2D eigenvalue weighted by Crippen LogP contribution is -2.37. The van der Waals surface area contributed by atoms with Crippen molar-refractivity contribution in [2.45, 2.75) is 33.2 Å². The summed E-state index contributed by atoms with van der Waals surface area (Å²) < 4.78 is 0. The first kappa shape index (κ1) is 19.5. The van der Waals surface area contributed by atoms with Crippen molar-refractivity contribution in [3.8, 4) is 0 Å². The smallest absolute Gasteiger partial charge is 0.262 e. The van der Waals surface area contributed by atoms with E-state index < -0.39 is 0 Å². The maximum atomic E-state index is 12.4. The minimum absolute atomic E-state index is 0.145. The zero-order valence-corrected chi connectivity index (χ0v) is 16.2. The van der Waals surface area contributed by atoms with Crippen LogP contribution >= 0.6 is 0 Å². The molecule has 1 atom stereocenters. The van der Waals surface area contributed by atoms with Crippen molar-refractivity contribution >= 4 is 23.5 Å². The van der Waals surface area contributed by atoms with Crippen molar-refractivity contribution in [2.75, 3.05) is 24.3 Å². The van der Waals surface area contributed by atoms with Gasteiger partial charge >= 0.3 is 0 Å². The maximum absolute atomic E-state index is 12.4. The molecule has 2 aromatic rings. The number of carbonyl (C=O) groups is 1. The van der Waals surface area contributed by atoms with Crippen molar-refractivity contribution in [2.24, 2.45) is 5.10 Å². The van der Waals surface area contributed by atoms with E-state index in [-0.39, 0.29) is 11.9 Å². The zero-order valence-electron chi connectivity index (χ0n) is 16.2. The largest absolute Gasteiger partial charge is 0.378 e. The number of amides is 1. The third-order valence-corrected chi connectivity index (χ3v) is 4.23. The number of hydrogen-bond donors (Lipinski definition) is 2. The van der Waals surface area contributed by atoms with Crippen LogP contribution in [-0.4, -0.2) is 32.3 Å². The lowest BCUT2D eigenvalue weighted by atomic mass is 10.1. The first-order valence-corrected chi connectivity index (χ1v) is 8.84. The van der Waals surface area contributed by atoms with Crippen molar-refractivity contribution in [1.82, 2.24) is 5.43 Å². The molecule has 0 heterocycles. The van der Waals surface area contributed by atoms with Gasteiger partial charge in [-0.25, -0.2) is 5.43 Å². The number of carbonyl (C=O) groups excluding carboxylic acids is 1. The highest BCUT2D eigenvalue weighted by Gasteiger charge is 2.16. The molecule has 0 saturated carbocycles. The first-order chi connectivity index (χ1) is 12.4. The van der Waals surface area contributed by atoms with Gasteiger partial charge in [-0.15, -0.1) is 0 Å². The number of nitrogens with zero attached hydrogens (tertiary/aromatic N) is 2. The van der Waals surface area contributed by atoms with Crippen LogP contribution in [0.4, 0.5) is 11.4 Å². The molecule has 0 aliphatic carbocycles. The summed E-state index contributed by atoms with van der Waals surface area (Å²) in [5.74, 6) is -0.145. The monoisotopic (exact) mass is 352 g/mol. The Morgan fingerprint density at radius 3 is 2.42 bits per heavy atom.